The first-order valence-corrected chi connectivity index (χ1v) is 6.99. The minimum atomic E-state index is -0.605. The number of carbonyl (C=O) groups is 1. The highest BCUT2D eigenvalue weighted by Gasteiger charge is 2.16. The number of hydrogen-bond acceptors (Lipinski definition) is 6. The number of aromatic nitrogens is 1. The smallest absolute Gasteiger partial charge is 0.406 e. The fourth-order valence-electron chi connectivity index (χ4n) is 1.86. The lowest BCUT2D eigenvalue weighted by Gasteiger charge is -2.10. The molecule has 0 aliphatic heterocycles. The molecule has 2 rings (SSSR count). The highest BCUT2D eigenvalue weighted by Crippen LogP contribution is 2.24. The molecule has 0 unspecified atom stereocenters. The Morgan fingerprint density at radius 2 is 2.09 bits per heavy atom. The van der Waals surface area contributed by atoms with Crippen molar-refractivity contribution in [3.05, 3.63) is 63.8 Å². The molecule has 0 amide bonds. The summed E-state index contributed by atoms with van der Waals surface area (Å²) in [7, 11) is 0. The van der Waals surface area contributed by atoms with E-state index in [0.717, 1.165) is 0 Å². The van der Waals surface area contributed by atoms with Gasteiger partial charge in [0.15, 0.2) is 0 Å². The van der Waals surface area contributed by atoms with E-state index in [1.54, 1.807) is 44.2 Å². The lowest BCUT2D eigenvalue weighted by molar-refractivity contribution is -0.390. The Hall–Kier alpha value is -2.96. The van der Waals surface area contributed by atoms with Crippen molar-refractivity contribution in [1.82, 2.24) is 4.98 Å². The number of esters is 1. The number of nitrogens with zero attached hydrogens (tertiary/aromatic N) is 2. The van der Waals surface area contributed by atoms with E-state index in [-0.39, 0.29) is 24.3 Å². The van der Waals surface area contributed by atoms with Gasteiger partial charge >= 0.3 is 11.8 Å². The van der Waals surface area contributed by atoms with E-state index in [9.17, 15) is 14.9 Å². The molecular weight excluding hydrogens is 300 g/mol. The first-order chi connectivity index (χ1) is 11.0. The fourth-order valence-corrected chi connectivity index (χ4v) is 1.86. The molecule has 120 valence electrons. The Bertz CT molecular complexity index is 715. The average Bonchev–Trinajstić information content (AvgIpc) is 2.52. The predicted octanol–water partition coefficient (Wildman–Crippen LogP) is 3.13. The highest BCUT2D eigenvalue weighted by molar-refractivity contribution is 5.89. The van der Waals surface area contributed by atoms with E-state index in [2.05, 4.69) is 4.98 Å². The molecule has 1 aromatic carbocycles. The molecule has 23 heavy (non-hydrogen) atoms. The largest absolute Gasteiger partial charge is 0.481 e. The summed E-state index contributed by atoms with van der Waals surface area (Å²) >= 11 is 0. The first kappa shape index (κ1) is 16.4. The SMILES string of the molecule is CC(C)OC(=O)c1cccc(COc2cccnc2[N+](=O)[O-])c1. The van der Waals surface area contributed by atoms with Gasteiger partial charge in [-0.15, -0.1) is 0 Å². The molecule has 1 heterocycles. The molecule has 0 aliphatic rings. The summed E-state index contributed by atoms with van der Waals surface area (Å²) in [6.07, 6.45) is 1.12. The Balaban J connectivity index is 2.10. The molecule has 0 saturated carbocycles. The summed E-state index contributed by atoms with van der Waals surface area (Å²) in [5, 5.41) is 10.9. The van der Waals surface area contributed by atoms with E-state index < -0.39 is 10.9 Å². The standard InChI is InChI=1S/C16H16N2O5/c1-11(2)23-16(19)13-6-3-5-12(9-13)10-22-14-7-4-8-17-15(14)18(20)21/h3-9,11H,10H2,1-2H3. The van der Waals surface area contributed by atoms with Crippen LogP contribution < -0.4 is 4.74 Å². The molecule has 2 aromatic rings. The summed E-state index contributed by atoms with van der Waals surface area (Å²) in [6, 6.07) is 9.76. The van der Waals surface area contributed by atoms with Crippen molar-refractivity contribution in [2.75, 3.05) is 0 Å². The predicted molar refractivity (Wildman–Crippen MR) is 82.2 cm³/mol. The van der Waals surface area contributed by atoms with Gasteiger partial charge in [-0.25, -0.2) is 4.79 Å². The molecule has 0 N–H and O–H groups in total. The Morgan fingerprint density at radius 3 is 2.78 bits per heavy atom. The molecule has 7 nitrogen and oxygen atoms in total. The van der Waals surface area contributed by atoms with Gasteiger partial charge in [0.2, 0.25) is 5.75 Å². The third-order valence-electron chi connectivity index (χ3n) is 2.82. The van der Waals surface area contributed by atoms with Gasteiger partial charge in [0.1, 0.15) is 12.8 Å². The van der Waals surface area contributed by atoms with E-state index in [1.807, 2.05) is 0 Å². The number of benzene rings is 1. The minimum Gasteiger partial charge on any atom is -0.481 e. The quantitative estimate of drug-likeness (QED) is 0.462. The van der Waals surface area contributed by atoms with Crippen molar-refractivity contribution in [1.29, 1.82) is 0 Å². The Labute approximate surface area is 133 Å². The van der Waals surface area contributed by atoms with Crippen LogP contribution in [0.4, 0.5) is 5.82 Å². The zero-order valence-corrected chi connectivity index (χ0v) is 12.8. The average molecular weight is 316 g/mol. The van der Waals surface area contributed by atoms with Gasteiger partial charge in [0.25, 0.3) is 0 Å². The fraction of sp³-hybridized carbons (Fsp3) is 0.250. The Kier molecular flexibility index (Phi) is 5.24. The van der Waals surface area contributed by atoms with Crippen LogP contribution in [0.5, 0.6) is 5.75 Å². The van der Waals surface area contributed by atoms with Crippen LogP contribution in [0.25, 0.3) is 0 Å². The number of hydrogen-bond donors (Lipinski definition) is 0. The van der Waals surface area contributed by atoms with Gasteiger partial charge in [-0.1, -0.05) is 12.1 Å². The maximum atomic E-state index is 11.9. The molecule has 0 aliphatic carbocycles. The second-order valence-electron chi connectivity index (χ2n) is 5.03. The van der Waals surface area contributed by atoms with Crippen molar-refractivity contribution in [3.8, 4) is 5.75 Å². The van der Waals surface area contributed by atoms with E-state index in [4.69, 9.17) is 9.47 Å². The van der Waals surface area contributed by atoms with Gasteiger partial charge in [-0.3, -0.25) is 0 Å². The maximum Gasteiger partial charge on any atom is 0.406 e. The lowest BCUT2D eigenvalue weighted by atomic mass is 10.1. The summed E-state index contributed by atoms with van der Waals surface area (Å²) < 4.78 is 10.6. The van der Waals surface area contributed by atoms with Gasteiger partial charge in [0.05, 0.1) is 11.7 Å². The lowest BCUT2D eigenvalue weighted by Crippen LogP contribution is -2.12. The van der Waals surface area contributed by atoms with Gasteiger partial charge < -0.3 is 19.6 Å². The number of ether oxygens (including phenoxy) is 2. The van der Waals surface area contributed by atoms with Gasteiger partial charge in [0, 0.05) is 0 Å². The van der Waals surface area contributed by atoms with Crippen molar-refractivity contribution in [2.24, 2.45) is 0 Å². The van der Waals surface area contributed by atoms with E-state index >= 15 is 0 Å². The molecular formula is C16H16N2O5. The van der Waals surface area contributed by atoms with Crippen molar-refractivity contribution < 1.29 is 19.2 Å². The van der Waals surface area contributed by atoms with Crippen LogP contribution in [0.3, 0.4) is 0 Å². The molecule has 7 heteroatoms. The second-order valence-corrected chi connectivity index (χ2v) is 5.03. The molecule has 0 radical (unpaired) electrons. The third-order valence-corrected chi connectivity index (χ3v) is 2.82. The number of nitro groups is 1. The monoisotopic (exact) mass is 316 g/mol. The molecule has 0 saturated heterocycles. The summed E-state index contributed by atoms with van der Waals surface area (Å²) in [6.45, 7) is 3.62. The van der Waals surface area contributed by atoms with E-state index in [0.29, 0.717) is 11.1 Å². The zero-order chi connectivity index (χ0) is 16.8. The molecule has 1 aromatic heterocycles. The molecule has 0 fully saturated rings. The number of rotatable bonds is 6. The third kappa shape index (κ3) is 4.50. The second kappa shape index (κ2) is 7.35. The topological polar surface area (TPSA) is 91.6 Å². The maximum absolute atomic E-state index is 11.9. The molecule has 0 atom stereocenters. The van der Waals surface area contributed by atoms with Crippen LogP contribution >= 0.6 is 0 Å². The van der Waals surface area contributed by atoms with Crippen molar-refractivity contribution >= 4 is 11.8 Å². The van der Waals surface area contributed by atoms with E-state index in [1.165, 1.54) is 12.3 Å². The summed E-state index contributed by atoms with van der Waals surface area (Å²) in [5.74, 6) is -0.690. The van der Waals surface area contributed by atoms with Gasteiger partial charge in [-0.2, -0.15) is 0 Å². The van der Waals surface area contributed by atoms with Crippen LogP contribution in [0, 0.1) is 10.1 Å². The summed E-state index contributed by atoms with van der Waals surface area (Å²) in [5.41, 5.74) is 1.10. The number of carbonyl (C=O) groups excluding carboxylic acids is 1. The van der Waals surface area contributed by atoms with Crippen LogP contribution in [0.1, 0.15) is 29.8 Å². The minimum absolute atomic E-state index is 0.0765. The zero-order valence-electron chi connectivity index (χ0n) is 12.8. The summed E-state index contributed by atoms with van der Waals surface area (Å²) in [4.78, 5) is 25.8. The van der Waals surface area contributed by atoms with Crippen LogP contribution in [0.2, 0.25) is 0 Å². The molecule has 0 bridgehead atoms. The van der Waals surface area contributed by atoms with Crippen LogP contribution in [-0.4, -0.2) is 22.0 Å². The number of pyridine rings is 1. The highest BCUT2D eigenvalue weighted by atomic mass is 16.6. The molecule has 0 spiro atoms. The van der Waals surface area contributed by atoms with Crippen LogP contribution in [-0.2, 0) is 11.3 Å². The van der Waals surface area contributed by atoms with Crippen LogP contribution in [0.15, 0.2) is 42.6 Å². The van der Waals surface area contributed by atoms with Crippen molar-refractivity contribution in [2.45, 2.75) is 26.6 Å². The normalized spacial score (nSPS) is 10.4. The first-order valence-electron chi connectivity index (χ1n) is 6.99. The van der Waals surface area contributed by atoms with Crippen molar-refractivity contribution in [3.63, 3.8) is 0 Å². The van der Waals surface area contributed by atoms with Gasteiger partial charge in [-0.05, 0) is 53.6 Å². The Morgan fingerprint density at radius 1 is 1.30 bits per heavy atom.